The van der Waals surface area contributed by atoms with Crippen LogP contribution in [0.1, 0.15) is 37.6 Å². The Morgan fingerprint density at radius 2 is 1.71 bits per heavy atom. The molecule has 2 atom stereocenters. The van der Waals surface area contributed by atoms with Crippen LogP contribution in [0.5, 0.6) is 0 Å². The molecule has 6 nitrogen and oxygen atoms in total. The van der Waals surface area contributed by atoms with Gasteiger partial charge in [0, 0.05) is 31.4 Å². The second-order valence-corrected chi connectivity index (χ2v) is 8.12. The van der Waals surface area contributed by atoms with E-state index in [1.807, 2.05) is 41.9 Å². The highest BCUT2D eigenvalue weighted by Gasteiger charge is 2.23. The minimum absolute atomic E-state index is 0.0624. The Kier molecular flexibility index (Phi) is 4.79. The first kappa shape index (κ1) is 18.5. The molecule has 2 aromatic heterocycles. The van der Waals surface area contributed by atoms with Crippen molar-refractivity contribution in [3.8, 4) is 0 Å². The van der Waals surface area contributed by atoms with E-state index in [0.29, 0.717) is 17.4 Å². The quantitative estimate of drug-likeness (QED) is 0.683. The molecule has 28 heavy (non-hydrogen) atoms. The minimum Gasteiger partial charge on any atom is -0.356 e. The van der Waals surface area contributed by atoms with Gasteiger partial charge in [-0.3, -0.25) is 9.36 Å². The highest BCUT2D eigenvalue weighted by atomic mass is 16.1. The summed E-state index contributed by atoms with van der Waals surface area (Å²) in [5.41, 5.74) is 3.33. The molecule has 4 rings (SSSR count). The molecule has 1 fully saturated rings. The van der Waals surface area contributed by atoms with Crippen LogP contribution in [0.15, 0.2) is 36.4 Å². The maximum absolute atomic E-state index is 11.4. The van der Waals surface area contributed by atoms with Gasteiger partial charge in [-0.25, -0.2) is 9.97 Å². The fraction of sp³-hybridized carbons (Fsp3) is 0.409. The van der Waals surface area contributed by atoms with Gasteiger partial charge in [-0.2, -0.15) is 0 Å². The maximum atomic E-state index is 11.4. The third kappa shape index (κ3) is 3.59. The summed E-state index contributed by atoms with van der Waals surface area (Å²) in [5.74, 6) is 3.18. The summed E-state index contributed by atoms with van der Waals surface area (Å²) in [6.45, 7) is 8.29. The number of carbonyl (C=O) groups excluding carboxylic acids is 1. The molecule has 0 aliphatic carbocycles. The van der Waals surface area contributed by atoms with Gasteiger partial charge in [-0.1, -0.05) is 13.8 Å². The third-order valence-electron chi connectivity index (χ3n) is 5.44. The normalized spacial score (nSPS) is 19.8. The second-order valence-electron chi connectivity index (χ2n) is 8.12. The van der Waals surface area contributed by atoms with E-state index < -0.39 is 0 Å². The number of benzene rings is 1. The van der Waals surface area contributed by atoms with Crippen molar-refractivity contribution in [2.75, 3.05) is 23.3 Å². The van der Waals surface area contributed by atoms with E-state index in [-0.39, 0.29) is 5.78 Å². The summed E-state index contributed by atoms with van der Waals surface area (Å²) in [7, 11) is 1.97. The first-order chi connectivity index (χ1) is 13.4. The number of aromatic nitrogens is 3. The summed E-state index contributed by atoms with van der Waals surface area (Å²) in [4.78, 5) is 23.4. The molecule has 1 aliphatic rings. The average molecular weight is 377 g/mol. The molecule has 1 saturated heterocycles. The van der Waals surface area contributed by atoms with Gasteiger partial charge in [0.15, 0.2) is 11.4 Å². The Labute approximate surface area is 165 Å². The Hall–Kier alpha value is -2.89. The molecule has 1 N–H and O–H groups in total. The van der Waals surface area contributed by atoms with Gasteiger partial charge in [0.25, 0.3) is 0 Å². The van der Waals surface area contributed by atoms with Crippen molar-refractivity contribution < 1.29 is 4.79 Å². The van der Waals surface area contributed by atoms with E-state index in [4.69, 9.17) is 4.98 Å². The first-order valence-corrected chi connectivity index (χ1v) is 9.87. The van der Waals surface area contributed by atoms with Crippen LogP contribution in [-0.2, 0) is 7.05 Å². The lowest BCUT2D eigenvalue weighted by atomic mass is 9.92. The lowest BCUT2D eigenvalue weighted by molar-refractivity contribution is 0.101. The summed E-state index contributed by atoms with van der Waals surface area (Å²) >= 11 is 0. The maximum Gasteiger partial charge on any atom is 0.209 e. The molecule has 0 bridgehead atoms. The number of aryl methyl sites for hydroxylation is 1. The van der Waals surface area contributed by atoms with Crippen molar-refractivity contribution >= 4 is 34.4 Å². The number of rotatable bonds is 4. The number of piperidine rings is 1. The van der Waals surface area contributed by atoms with Crippen LogP contribution < -0.4 is 10.2 Å². The van der Waals surface area contributed by atoms with Gasteiger partial charge >= 0.3 is 0 Å². The summed E-state index contributed by atoms with van der Waals surface area (Å²) in [6, 6.07) is 11.6. The molecule has 0 radical (unpaired) electrons. The van der Waals surface area contributed by atoms with Crippen molar-refractivity contribution in [3.05, 3.63) is 42.0 Å². The smallest absolute Gasteiger partial charge is 0.209 e. The van der Waals surface area contributed by atoms with E-state index in [1.165, 1.54) is 6.42 Å². The molecule has 1 aliphatic heterocycles. The van der Waals surface area contributed by atoms with Crippen LogP contribution in [0.4, 0.5) is 17.5 Å². The van der Waals surface area contributed by atoms with Crippen LogP contribution in [-0.4, -0.2) is 33.4 Å². The van der Waals surface area contributed by atoms with Crippen LogP contribution >= 0.6 is 0 Å². The number of ketones is 1. The van der Waals surface area contributed by atoms with Crippen molar-refractivity contribution in [1.82, 2.24) is 14.5 Å². The molecule has 146 valence electrons. The third-order valence-corrected chi connectivity index (χ3v) is 5.44. The first-order valence-electron chi connectivity index (χ1n) is 9.87. The van der Waals surface area contributed by atoms with Gasteiger partial charge in [-0.05, 0) is 61.6 Å². The van der Waals surface area contributed by atoms with Crippen molar-refractivity contribution in [1.29, 1.82) is 0 Å². The van der Waals surface area contributed by atoms with Crippen molar-refractivity contribution in [3.63, 3.8) is 0 Å². The van der Waals surface area contributed by atoms with Crippen molar-refractivity contribution in [2.24, 2.45) is 18.9 Å². The number of anilines is 3. The van der Waals surface area contributed by atoms with Crippen LogP contribution in [0, 0.1) is 11.8 Å². The fourth-order valence-corrected chi connectivity index (χ4v) is 4.11. The molecule has 2 unspecified atom stereocenters. The number of imidazole rings is 1. The number of carbonyl (C=O) groups is 1. The summed E-state index contributed by atoms with van der Waals surface area (Å²) in [6.07, 6.45) is 1.28. The molecule has 0 amide bonds. The number of fused-ring (bicyclic) bond motifs is 1. The lowest BCUT2D eigenvalue weighted by Gasteiger charge is -2.35. The van der Waals surface area contributed by atoms with E-state index in [0.717, 1.165) is 41.7 Å². The van der Waals surface area contributed by atoms with Crippen LogP contribution in [0.3, 0.4) is 0 Å². The number of hydrogen-bond acceptors (Lipinski definition) is 5. The van der Waals surface area contributed by atoms with Gasteiger partial charge in [-0.15, -0.1) is 0 Å². The largest absolute Gasteiger partial charge is 0.356 e. The summed E-state index contributed by atoms with van der Waals surface area (Å²) in [5, 5.41) is 3.33. The number of pyridine rings is 1. The highest BCUT2D eigenvalue weighted by Crippen LogP contribution is 2.28. The molecule has 3 aromatic rings. The van der Waals surface area contributed by atoms with E-state index in [1.54, 1.807) is 6.92 Å². The zero-order valence-electron chi connectivity index (χ0n) is 16.9. The molecular weight excluding hydrogens is 350 g/mol. The standard InChI is InChI=1S/C22H27N5O/c1-14-11-15(2)13-27(12-14)20-10-9-19-21(25-20)26(4)22(24-19)23-18-7-5-17(6-8-18)16(3)28/h5-10,14-15H,11-13H2,1-4H3,(H,23,24). The Morgan fingerprint density at radius 3 is 2.36 bits per heavy atom. The topological polar surface area (TPSA) is 63.1 Å². The van der Waals surface area contributed by atoms with E-state index in [9.17, 15) is 4.79 Å². The van der Waals surface area contributed by atoms with Gasteiger partial charge in [0.1, 0.15) is 11.3 Å². The number of Topliss-reactive ketones (excluding diaryl/α,β-unsaturated/α-hetero) is 1. The SMILES string of the molecule is CC(=O)c1ccc(Nc2nc3ccc(N4CC(C)CC(C)C4)nc3n2C)cc1. The monoisotopic (exact) mass is 377 g/mol. The molecule has 3 heterocycles. The highest BCUT2D eigenvalue weighted by molar-refractivity contribution is 5.94. The molecular formula is C22H27N5O. The molecule has 1 aromatic carbocycles. The second kappa shape index (κ2) is 7.26. The van der Waals surface area contributed by atoms with Crippen LogP contribution in [0.25, 0.3) is 11.2 Å². The summed E-state index contributed by atoms with van der Waals surface area (Å²) < 4.78 is 1.98. The number of hydrogen-bond donors (Lipinski definition) is 1. The molecule has 0 spiro atoms. The molecule has 6 heteroatoms. The van der Waals surface area contributed by atoms with Gasteiger partial charge < -0.3 is 10.2 Å². The van der Waals surface area contributed by atoms with E-state index >= 15 is 0 Å². The minimum atomic E-state index is 0.0624. The Morgan fingerprint density at radius 1 is 1.04 bits per heavy atom. The predicted octanol–water partition coefficient (Wildman–Crippen LogP) is 4.40. The zero-order chi connectivity index (χ0) is 19.8. The number of nitrogens with zero attached hydrogens (tertiary/aromatic N) is 4. The molecule has 0 saturated carbocycles. The van der Waals surface area contributed by atoms with Crippen molar-refractivity contribution in [2.45, 2.75) is 27.2 Å². The van der Waals surface area contributed by atoms with Gasteiger partial charge in [0.2, 0.25) is 5.95 Å². The average Bonchev–Trinajstić information content (AvgIpc) is 2.96. The predicted molar refractivity (Wildman–Crippen MR) is 113 cm³/mol. The van der Waals surface area contributed by atoms with Gasteiger partial charge in [0.05, 0.1) is 0 Å². The fourth-order valence-electron chi connectivity index (χ4n) is 4.11. The zero-order valence-corrected chi connectivity index (χ0v) is 16.9. The lowest BCUT2D eigenvalue weighted by Crippen LogP contribution is -2.39. The van der Waals surface area contributed by atoms with E-state index in [2.05, 4.69) is 35.1 Å². The number of nitrogens with one attached hydrogen (secondary N) is 1. The Balaban J connectivity index is 1.61. The Bertz CT molecular complexity index is 998. The van der Waals surface area contributed by atoms with Crippen LogP contribution in [0.2, 0.25) is 0 Å².